The zero-order chi connectivity index (χ0) is 26.3. The summed E-state index contributed by atoms with van der Waals surface area (Å²) in [7, 11) is 0. The molecule has 6 nitrogen and oxygen atoms in total. The van der Waals surface area contributed by atoms with Crippen LogP contribution in [0, 0.1) is 0 Å². The maximum Gasteiger partial charge on any atom is 0.337 e. The fourth-order valence-corrected chi connectivity index (χ4v) is 4.12. The number of rotatable bonds is 8. The Bertz CT molecular complexity index is 1570. The van der Waals surface area contributed by atoms with Gasteiger partial charge in [0.1, 0.15) is 12.4 Å². The quantitative estimate of drug-likeness (QED) is 0.241. The molecule has 38 heavy (non-hydrogen) atoms. The summed E-state index contributed by atoms with van der Waals surface area (Å²) in [5, 5.41) is 12.6. The van der Waals surface area contributed by atoms with E-state index in [2.05, 4.69) is 10.3 Å². The van der Waals surface area contributed by atoms with Crippen molar-refractivity contribution in [2.75, 3.05) is 5.32 Å². The lowest BCUT2D eigenvalue weighted by Gasteiger charge is -2.15. The first-order valence-electron chi connectivity index (χ1n) is 12.0. The normalized spacial score (nSPS) is 10.5. The van der Waals surface area contributed by atoms with Gasteiger partial charge in [0.15, 0.2) is 0 Å². The van der Waals surface area contributed by atoms with Crippen LogP contribution in [0.4, 0.5) is 5.69 Å². The molecule has 0 bridgehead atoms. The van der Waals surface area contributed by atoms with Crippen molar-refractivity contribution >= 4 is 17.6 Å². The molecule has 5 aromatic rings. The van der Waals surface area contributed by atoms with E-state index in [1.165, 1.54) is 6.07 Å². The molecule has 1 amide bonds. The number of benzene rings is 4. The zero-order valence-electron chi connectivity index (χ0n) is 20.4. The highest BCUT2D eigenvalue weighted by molar-refractivity contribution is 6.09. The molecule has 0 aliphatic carbocycles. The molecular weight excluding hydrogens is 476 g/mol. The molecule has 6 heteroatoms. The number of ether oxygens (including phenoxy) is 1. The number of carboxylic acids is 1. The number of nitrogens with one attached hydrogen (secondary N) is 1. The summed E-state index contributed by atoms with van der Waals surface area (Å²) in [6, 6.07) is 33.2. The van der Waals surface area contributed by atoms with Gasteiger partial charge in [0.05, 0.1) is 16.8 Å². The van der Waals surface area contributed by atoms with E-state index < -0.39 is 11.9 Å². The van der Waals surface area contributed by atoms with Crippen LogP contribution in [0.3, 0.4) is 0 Å². The van der Waals surface area contributed by atoms with Gasteiger partial charge in [-0.1, -0.05) is 72.8 Å². The minimum Gasteiger partial charge on any atom is -0.488 e. The van der Waals surface area contributed by atoms with Crippen molar-refractivity contribution in [1.82, 2.24) is 4.98 Å². The van der Waals surface area contributed by atoms with Crippen molar-refractivity contribution in [3.63, 3.8) is 0 Å². The van der Waals surface area contributed by atoms with E-state index in [-0.39, 0.29) is 17.9 Å². The molecule has 0 saturated heterocycles. The zero-order valence-corrected chi connectivity index (χ0v) is 20.4. The summed E-state index contributed by atoms with van der Waals surface area (Å²) >= 11 is 0. The Labute approximate surface area is 220 Å². The summed E-state index contributed by atoms with van der Waals surface area (Å²) in [6.07, 6.45) is 3.40. The molecule has 0 spiro atoms. The van der Waals surface area contributed by atoms with Gasteiger partial charge in [0.2, 0.25) is 0 Å². The van der Waals surface area contributed by atoms with Crippen LogP contribution in [0.5, 0.6) is 5.75 Å². The number of amides is 1. The molecule has 5 rings (SSSR count). The van der Waals surface area contributed by atoms with Gasteiger partial charge in [-0.2, -0.15) is 0 Å². The fourth-order valence-electron chi connectivity index (χ4n) is 4.12. The number of anilines is 1. The Balaban J connectivity index is 1.49. The predicted molar refractivity (Wildman–Crippen MR) is 147 cm³/mol. The summed E-state index contributed by atoms with van der Waals surface area (Å²) < 4.78 is 6.12. The van der Waals surface area contributed by atoms with Crippen LogP contribution < -0.4 is 10.1 Å². The third kappa shape index (κ3) is 5.60. The topological polar surface area (TPSA) is 88.5 Å². The molecule has 0 aliphatic heterocycles. The molecule has 2 N–H and O–H groups in total. The van der Waals surface area contributed by atoms with E-state index >= 15 is 0 Å². The molecule has 0 radical (unpaired) electrons. The SMILES string of the molecule is O=C(O)c1ccc(-c2ccccc2)cc1NC(=O)c1ccc(-c2ccncc2)cc1OCc1ccccc1. The number of carboxylic acid groups (broad SMARTS) is 1. The molecule has 0 atom stereocenters. The Morgan fingerprint density at radius 3 is 1.97 bits per heavy atom. The Morgan fingerprint density at radius 2 is 1.29 bits per heavy atom. The average molecular weight is 501 g/mol. The molecule has 0 unspecified atom stereocenters. The van der Waals surface area contributed by atoms with Crippen molar-refractivity contribution in [2.24, 2.45) is 0 Å². The number of carbonyl (C=O) groups is 2. The van der Waals surface area contributed by atoms with Crippen molar-refractivity contribution < 1.29 is 19.4 Å². The van der Waals surface area contributed by atoms with E-state index in [9.17, 15) is 14.7 Å². The first-order chi connectivity index (χ1) is 18.6. The molecule has 1 heterocycles. The molecule has 0 aliphatic rings. The standard InChI is InChI=1S/C32H24N2O4/c35-31(34-29-19-25(11-13-27(29)32(36)37)23-9-5-2-6-10-23)28-14-12-26(24-15-17-33-18-16-24)20-30(28)38-21-22-7-3-1-4-8-22/h1-20H,21H2,(H,34,35)(H,36,37). The van der Waals surface area contributed by atoms with E-state index in [4.69, 9.17) is 4.74 Å². The second-order valence-electron chi connectivity index (χ2n) is 8.61. The Kier molecular flexibility index (Phi) is 7.23. The highest BCUT2D eigenvalue weighted by Crippen LogP contribution is 2.30. The first kappa shape index (κ1) is 24.5. The maximum absolute atomic E-state index is 13.5. The van der Waals surface area contributed by atoms with Gasteiger partial charge in [-0.05, 0) is 64.2 Å². The number of aromatic nitrogens is 1. The molecular formula is C32H24N2O4. The minimum atomic E-state index is -1.13. The molecule has 0 saturated carbocycles. The van der Waals surface area contributed by atoms with Crippen molar-refractivity contribution in [3.05, 3.63) is 138 Å². The fraction of sp³-hybridized carbons (Fsp3) is 0.0312. The van der Waals surface area contributed by atoms with Gasteiger partial charge in [0.25, 0.3) is 5.91 Å². The number of pyridine rings is 1. The second-order valence-corrected chi connectivity index (χ2v) is 8.61. The van der Waals surface area contributed by atoms with Gasteiger partial charge in [0, 0.05) is 12.4 Å². The molecule has 186 valence electrons. The van der Waals surface area contributed by atoms with Crippen LogP contribution in [-0.2, 0) is 6.61 Å². The third-order valence-electron chi connectivity index (χ3n) is 6.08. The minimum absolute atomic E-state index is 0.00168. The summed E-state index contributed by atoms with van der Waals surface area (Å²) in [4.78, 5) is 29.5. The van der Waals surface area contributed by atoms with Crippen LogP contribution in [0.2, 0.25) is 0 Å². The summed E-state index contributed by atoms with van der Waals surface area (Å²) in [6.45, 7) is 0.269. The van der Waals surface area contributed by atoms with E-state index in [0.29, 0.717) is 11.3 Å². The van der Waals surface area contributed by atoms with Crippen LogP contribution in [0.1, 0.15) is 26.3 Å². The highest BCUT2D eigenvalue weighted by Gasteiger charge is 2.19. The van der Waals surface area contributed by atoms with Crippen LogP contribution >= 0.6 is 0 Å². The van der Waals surface area contributed by atoms with Gasteiger partial charge < -0.3 is 15.2 Å². The maximum atomic E-state index is 13.5. The van der Waals surface area contributed by atoms with Gasteiger partial charge in [-0.15, -0.1) is 0 Å². The van der Waals surface area contributed by atoms with E-state index in [0.717, 1.165) is 27.8 Å². The van der Waals surface area contributed by atoms with Crippen LogP contribution in [0.25, 0.3) is 22.3 Å². The van der Waals surface area contributed by atoms with Crippen molar-refractivity contribution in [1.29, 1.82) is 0 Å². The second kappa shape index (κ2) is 11.2. The average Bonchev–Trinajstić information content (AvgIpc) is 2.97. The lowest BCUT2D eigenvalue weighted by Crippen LogP contribution is -2.16. The molecule has 0 fully saturated rings. The van der Waals surface area contributed by atoms with Crippen molar-refractivity contribution in [2.45, 2.75) is 6.61 Å². The predicted octanol–water partition coefficient (Wildman–Crippen LogP) is 6.95. The summed E-state index contributed by atoms with van der Waals surface area (Å²) in [5.74, 6) is -1.22. The number of carbonyl (C=O) groups excluding carboxylic acids is 1. The van der Waals surface area contributed by atoms with Crippen LogP contribution in [0.15, 0.2) is 122 Å². The summed E-state index contributed by atoms with van der Waals surface area (Å²) in [5.41, 5.74) is 4.95. The number of hydrogen-bond donors (Lipinski definition) is 2. The third-order valence-corrected chi connectivity index (χ3v) is 6.08. The lowest BCUT2D eigenvalue weighted by molar-refractivity contribution is 0.0698. The lowest BCUT2D eigenvalue weighted by atomic mass is 10.0. The number of aromatic carboxylic acids is 1. The Morgan fingerprint density at radius 1 is 0.684 bits per heavy atom. The van der Waals surface area contributed by atoms with Crippen LogP contribution in [-0.4, -0.2) is 22.0 Å². The smallest absolute Gasteiger partial charge is 0.337 e. The van der Waals surface area contributed by atoms with E-state index in [1.54, 1.807) is 30.6 Å². The number of nitrogens with zero attached hydrogens (tertiary/aromatic N) is 1. The van der Waals surface area contributed by atoms with Gasteiger partial charge in [-0.25, -0.2) is 4.79 Å². The van der Waals surface area contributed by atoms with Crippen molar-refractivity contribution in [3.8, 4) is 28.0 Å². The number of hydrogen-bond acceptors (Lipinski definition) is 4. The Hall–Kier alpha value is -5.23. The van der Waals surface area contributed by atoms with E-state index in [1.807, 2.05) is 84.9 Å². The van der Waals surface area contributed by atoms with Gasteiger partial charge >= 0.3 is 5.97 Å². The van der Waals surface area contributed by atoms with Gasteiger partial charge in [-0.3, -0.25) is 9.78 Å². The first-order valence-corrected chi connectivity index (χ1v) is 12.0. The highest BCUT2D eigenvalue weighted by atomic mass is 16.5. The molecule has 1 aromatic heterocycles. The monoisotopic (exact) mass is 500 g/mol. The molecule has 4 aromatic carbocycles. The largest absolute Gasteiger partial charge is 0.488 e.